The number of carbonyl (C=O) groups is 2. The fraction of sp³-hybridized carbons (Fsp3) is 0.250. The van der Waals surface area contributed by atoms with Crippen LogP contribution >= 0.6 is 11.3 Å². The Kier molecular flexibility index (Phi) is 5.48. The summed E-state index contributed by atoms with van der Waals surface area (Å²) in [5.74, 6) is 0.550. The van der Waals surface area contributed by atoms with Crippen LogP contribution in [-0.4, -0.2) is 58.1 Å². The third-order valence-corrected chi connectivity index (χ3v) is 5.47. The Morgan fingerprint density at radius 2 is 1.86 bits per heavy atom. The van der Waals surface area contributed by atoms with Gasteiger partial charge in [-0.15, -0.1) is 10.2 Å². The molecule has 1 aliphatic rings. The quantitative estimate of drug-likeness (QED) is 0.713. The molecule has 0 atom stereocenters. The number of benzene rings is 1. The molecule has 2 aromatic heterocycles. The lowest BCUT2D eigenvalue weighted by atomic mass is 10.1. The van der Waals surface area contributed by atoms with E-state index in [0.717, 1.165) is 23.9 Å². The largest absolute Gasteiger partial charge is 0.353 e. The minimum Gasteiger partial charge on any atom is -0.353 e. The lowest BCUT2D eigenvalue weighted by Crippen LogP contribution is -2.49. The van der Waals surface area contributed by atoms with Gasteiger partial charge in [-0.25, -0.2) is 4.98 Å². The van der Waals surface area contributed by atoms with E-state index in [4.69, 9.17) is 0 Å². The first-order valence-electron chi connectivity index (χ1n) is 9.27. The highest BCUT2D eigenvalue weighted by Crippen LogP contribution is 2.18. The van der Waals surface area contributed by atoms with Crippen molar-refractivity contribution < 1.29 is 9.59 Å². The van der Waals surface area contributed by atoms with Gasteiger partial charge in [0.05, 0.1) is 0 Å². The zero-order valence-electron chi connectivity index (χ0n) is 15.9. The summed E-state index contributed by atoms with van der Waals surface area (Å²) in [5, 5.41) is 11.5. The van der Waals surface area contributed by atoms with Crippen LogP contribution in [0.3, 0.4) is 0 Å². The van der Waals surface area contributed by atoms with Crippen molar-refractivity contribution in [2.45, 2.75) is 6.92 Å². The van der Waals surface area contributed by atoms with Gasteiger partial charge in [0.1, 0.15) is 10.8 Å². The average Bonchev–Trinajstić information content (AvgIpc) is 3.21. The summed E-state index contributed by atoms with van der Waals surface area (Å²) in [5.41, 5.74) is 1.10. The number of anilines is 2. The fourth-order valence-corrected chi connectivity index (χ4v) is 3.75. The second kappa shape index (κ2) is 8.36. The van der Waals surface area contributed by atoms with E-state index in [1.165, 1.54) is 11.3 Å². The van der Waals surface area contributed by atoms with Crippen molar-refractivity contribution >= 4 is 34.7 Å². The molecule has 9 heteroatoms. The molecule has 0 unspecified atom stereocenters. The highest BCUT2D eigenvalue weighted by molar-refractivity contribution is 7.13. The van der Waals surface area contributed by atoms with Crippen molar-refractivity contribution in [1.82, 2.24) is 20.1 Å². The summed E-state index contributed by atoms with van der Waals surface area (Å²) in [6, 6.07) is 12.8. The summed E-state index contributed by atoms with van der Waals surface area (Å²) in [7, 11) is 0. The number of hydrogen-bond acceptors (Lipinski definition) is 7. The molecule has 0 bridgehead atoms. The number of nitrogens with zero attached hydrogens (tertiary/aromatic N) is 5. The number of amides is 2. The van der Waals surface area contributed by atoms with Crippen LogP contribution in [0.15, 0.2) is 48.7 Å². The highest BCUT2D eigenvalue weighted by Gasteiger charge is 2.23. The zero-order chi connectivity index (χ0) is 20.2. The molecular weight excluding hydrogens is 388 g/mol. The fourth-order valence-electron chi connectivity index (χ4n) is 3.16. The van der Waals surface area contributed by atoms with Gasteiger partial charge in [0, 0.05) is 43.6 Å². The maximum absolute atomic E-state index is 12.9. The molecular formula is C20H20N6O2S. The second-order valence-electron chi connectivity index (χ2n) is 6.63. The van der Waals surface area contributed by atoms with Crippen LogP contribution in [0.2, 0.25) is 0 Å². The molecule has 29 heavy (non-hydrogen) atoms. The predicted molar refractivity (Wildman–Crippen MR) is 111 cm³/mol. The molecule has 0 saturated carbocycles. The van der Waals surface area contributed by atoms with E-state index in [2.05, 4.69) is 25.4 Å². The number of aromatic nitrogens is 3. The number of hydrogen-bond donors (Lipinski definition) is 1. The van der Waals surface area contributed by atoms with Crippen LogP contribution in [0.25, 0.3) is 0 Å². The summed E-state index contributed by atoms with van der Waals surface area (Å²) in [4.78, 5) is 33.6. The smallest absolute Gasteiger partial charge is 0.286 e. The van der Waals surface area contributed by atoms with Crippen LogP contribution in [0.5, 0.6) is 0 Å². The van der Waals surface area contributed by atoms with Crippen molar-refractivity contribution in [2.24, 2.45) is 0 Å². The van der Waals surface area contributed by atoms with E-state index in [-0.39, 0.29) is 11.8 Å². The van der Waals surface area contributed by atoms with Crippen LogP contribution in [0.4, 0.5) is 11.5 Å². The Bertz CT molecular complexity index is 1010. The van der Waals surface area contributed by atoms with Crippen molar-refractivity contribution in [3.05, 3.63) is 64.2 Å². The average molecular weight is 408 g/mol. The van der Waals surface area contributed by atoms with Gasteiger partial charge in [-0.1, -0.05) is 23.5 Å². The molecule has 1 N–H and O–H groups in total. The minimum atomic E-state index is -0.329. The van der Waals surface area contributed by atoms with Crippen molar-refractivity contribution in [1.29, 1.82) is 0 Å². The Morgan fingerprint density at radius 3 is 2.55 bits per heavy atom. The van der Waals surface area contributed by atoms with Crippen LogP contribution in [0.1, 0.15) is 25.2 Å². The van der Waals surface area contributed by atoms with Gasteiger partial charge in [-0.3, -0.25) is 9.59 Å². The van der Waals surface area contributed by atoms with Gasteiger partial charge < -0.3 is 15.1 Å². The van der Waals surface area contributed by atoms with Crippen LogP contribution in [0, 0.1) is 6.92 Å². The standard InChI is InChI=1S/C20H20N6O2S/c1-14-23-24-19(29-14)18(27)22-16-6-4-5-15(13-16)20(28)26-11-9-25(10-12-26)17-7-2-3-8-21-17/h2-8,13H,9-12H2,1H3,(H,22,27). The van der Waals surface area contributed by atoms with Gasteiger partial charge in [0.2, 0.25) is 5.01 Å². The molecule has 1 aromatic carbocycles. The van der Waals surface area contributed by atoms with Gasteiger partial charge in [0.25, 0.3) is 11.8 Å². The predicted octanol–water partition coefficient (Wildman–Crippen LogP) is 2.46. The summed E-state index contributed by atoms with van der Waals surface area (Å²) < 4.78 is 0. The lowest BCUT2D eigenvalue weighted by Gasteiger charge is -2.35. The number of aryl methyl sites for hydroxylation is 1. The first-order chi connectivity index (χ1) is 14.1. The van der Waals surface area contributed by atoms with Crippen molar-refractivity contribution in [3.63, 3.8) is 0 Å². The molecule has 3 aromatic rings. The first kappa shape index (κ1) is 19.0. The topological polar surface area (TPSA) is 91.3 Å². The molecule has 3 heterocycles. The number of piperazine rings is 1. The van der Waals surface area contributed by atoms with E-state index in [0.29, 0.717) is 29.3 Å². The van der Waals surface area contributed by atoms with E-state index in [1.807, 2.05) is 23.1 Å². The normalized spacial score (nSPS) is 14.0. The second-order valence-corrected chi connectivity index (χ2v) is 7.81. The van der Waals surface area contributed by atoms with Crippen LogP contribution < -0.4 is 10.2 Å². The highest BCUT2D eigenvalue weighted by atomic mass is 32.1. The van der Waals surface area contributed by atoms with Gasteiger partial charge >= 0.3 is 0 Å². The van der Waals surface area contributed by atoms with E-state index >= 15 is 0 Å². The monoisotopic (exact) mass is 408 g/mol. The Morgan fingerprint density at radius 1 is 1.03 bits per heavy atom. The van der Waals surface area contributed by atoms with Gasteiger partial charge in [-0.2, -0.15) is 0 Å². The number of carbonyl (C=O) groups excluding carboxylic acids is 2. The molecule has 4 rings (SSSR count). The van der Waals surface area contributed by atoms with Crippen molar-refractivity contribution in [2.75, 3.05) is 36.4 Å². The molecule has 0 aliphatic carbocycles. The van der Waals surface area contributed by atoms with Gasteiger partial charge in [0.15, 0.2) is 0 Å². The third-order valence-electron chi connectivity index (χ3n) is 4.63. The first-order valence-corrected chi connectivity index (χ1v) is 10.1. The molecule has 1 saturated heterocycles. The van der Waals surface area contributed by atoms with E-state index in [1.54, 1.807) is 37.4 Å². The number of nitrogens with one attached hydrogen (secondary N) is 1. The maximum atomic E-state index is 12.9. The van der Waals surface area contributed by atoms with Crippen LogP contribution in [-0.2, 0) is 0 Å². The third kappa shape index (κ3) is 4.40. The molecule has 148 valence electrons. The summed E-state index contributed by atoms with van der Waals surface area (Å²) in [6.45, 7) is 4.50. The lowest BCUT2D eigenvalue weighted by molar-refractivity contribution is 0.0746. The summed E-state index contributed by atoms with van der Waals surface area (Å²) >= 11 is 1.23. The Balaban J connectivity index is 1.39. The maximum Gasteiger partial charge on any atom is 0.286 e. The molecule has 0 radical (unpaired) electrons. The number of pyridine rings is 1. The van der Waals surface area contributed by atoms with Gasteiger partial charge in [-0.05, 0) is 37.3 Å². The Labute approximate surface area is 172 Å². The molecule has 8 nitrogen and oxygen atoms in total. The van der Waals surface area contributed by atoms with E-state index < -0.39 is 0 Å². The van der Waals surface area contributed by atoms with E-state index in [9.17, 15) is 9.59 Å². The zero-order valence-corrected chi connectivity index (χ0v) is 16.7. The Hall–Kier alpha value is -3.33. The molecule has 1 aliphatic heterocycles. The molecule has 2 amide bonds. The number of rotatable bonds is 4. The summed E-state index contributed by atoms with van der Waals surface area (Å²) in [6.07, 6.45) is 1.77. The molecule has 1 fully saturated rings. The molecule has 0 spiro atoms. The van der Waals surface area contributed by atoms with Crippen molar-refractivity contribution in [3.8, 4) is 0 Å². The SMILES string of the molecule is Cc1nnc(C(=O)Nc2cccc(C(=O)N3CCN(c4ccccn4)CC3)c2)s1. The minimum absolute atomic E-state index is 0.0477.